The van der Waals surface area contributed by atoms with Crippen LogP contribution in [0.3, 0.4) is 0 Å². The van der Waals surface area contributed by atoms with Crippen molar-refractivity contribution in [3.8, 4) is 0 Å². The Kier molecular flexibility index (Phi) is 7.30. The van der Waals surface area contributed by atoms with Crippen molar-refractivity contribution in [3.63, 3.8) is 0 Å². The second kappa shape index (κ2) is 5.77. The molecule has 0 aliphatic rings. The molecule has 0 aliphatic carbocycles. The molecule has 0 aromatic heterocycles. The van der Waals surface area contributed by atoms with Crippen LogP contribution in [-0.2, 0) is 32.3 Å². The summed E-state index contributed by atoms with van der Waals surface area (Å²) in [5.74, 6) is 0. The van der Waals surface area contributed by atoms with Gasteiger partial charge in [-0.05, 0) is 5.60 Å². The Morgan fingerprint density at radius 3 is 1.50 bits per heavy atom. The zero-order valence-electron chi connectivity index (χ0n) is 5.70. The molecular weight excluding hydrogens is 224 g/mol. The van der Waals surface area contributed by atoms with Crippen molar-refractivity contribution in [2.24, 2.45) is 0 Å². The van der Waals surface area contributed by atoms with E-state index in [0.29, 0.717) is 0 Å². The van der Waals surface area contributed by atoms with Crippen LogP contribution in [0.5, 0.6) is 0 Å². The van der Waals surface area contributed by atoms with Crippen molar-refractivity contribution in [2.75, 3.05) is 0 Å². The van der Waals surface area contributed by atoms with Crippen LogP contribution in [0.25, 0.3) is 0 Å². The molecule has 62 valence electrons. The first kappa shape index (κ1) is 12.7. The molecule has 0 unspecified atom stereocenters. The minimum absolute atomic E-state index is 0.653. The van der Waals surface area contributed by atoms with E-state index in [9.17, 15) is 0 Å². The van der Waals surface area contributed by atoms with E-state index in [0.717, 1.165) is 0 Å². The molecule has 0 atom stereocenters. The van der Waals surface area contributed by atoms with Gasteiger partial charge >= 0.3 is 27.4 Å². The summed E-state index contributed by atoms with van der Waals surface area (Å²) in [6.07, 6.45) is 0. The average Bonchev–Trinajstić information content (AvgIpc) is 1.63. The maximum atomic E-state index is 8.59. The first-order chi connectivity index (χ1) is 4.29. The molecule has 0 heterocycles. The van der Waals surface area contributed by atoms with Crippen LogP contribution in [0.2, 0.25) is 0 Å². The van der Waals surface area contributed by atoms with Gasteiger partial charge in [-0.1, -0.05) is 13.8 Å². The first-order valence-corrected chi connectivity index (χ1v) is 4.70. The van der Waals surface area contributed by atoms with Crippen LogP contribution in [-0.4, -0.2) is 10.9 Å². The van der Waals surface area contributed by atoms with Gasteiger partial charge in [0.05, 0.1) is 0 Å². The Morgan fingerprint density at radius 2 is 1.50 bits per heavy atom. The van der Waals surface area contributed by atoms with Crippen LogP contribution in [0.15, 0.2) is 0 Å². The van der Waals surface area contributed by atoms with Gasteiger partial charge in [0.15, 0.2) is 0 Å². The average molecular weight is 233 g/mol. The van der Waals surface area contributed by atoms with Gasteiger partial charge in [-0.2, -0.15) is 0 Å². The predicted molar refractivity (Wildman–Crippen MR) is 25.2 cm³/mol. The van der Waals surface area contributed by atoms with Crippen LogP contribution in [0, 0.1) is 6.92 Å². The predicted octanol–water partition coefficient (Wildman–Crippen LogP) is 0.730. The third-order valence-corrected chi connectivity index (χ3v) is 0.247. The van der Waals surface area contributed by atoms with E-state index in [1.807, 2.05) is 0 Å². The van der Waals surface area contributed by atoms with Gasteiger partial charge in [-0.15, -0.1) is 0 Å². The molecule has 1 N–H and O–H groups in total. The van der Waals surface area contributed by atoms with Gasteiger partial charge in [0, 0.05) is 0 Å². The molecule has 0 amide bonds. The summed E-state index contributed by atoms with van der Waals surface area (Å²) in [6.45, 7) is 6.74. The summed E-state index contributed by atoms with van der Waals surface area (Å²) in [5.41, 5.74) is -0.653. The molecule has 0 spiro atoms. The standard InChI is InChI=1S/C4H9O2.Mo.3O/c1-4(2,3)6-5;;;;/h5H,1H2,2-3H3;;;;/q-1;;;;. The fourth-order valence-electron chi connectivity index (χ4n) is 0. The number of hydrogen-bond acceptors (Lipinski definition) is 5. The second-order valence-corrected chi connectivity index (χ2v) is 3.06. The van der Waals surface area contributed by atoms with Crippen molar-refractivity contribution in [1.82, 2.24) is 0 Å². The molecule has 0 fully saturated rings. The van der Waals surface area contributed by atoms with Crippen molar-refractivity contribution in [2.45, 2.75) is 19.4 Å². The van der Waals surface area contributed by atoms with E-state index in [-0.39, 0.29) is 0 Å². The SMILES string of the molecule is [CH2-]C(C)(C)OO.[O]=[Mo](=[O])=[O]. The van der Waals surface area contributed by atoms with Crippen LogP contribution >= 0.6 is 0 Å². The number of rotatable bonds is 1. The molecule has 0 aromatic rings. The molecule has 0 bridgehead atoms. The summed E-state index contributed by atoms with van der Waals surface area (Å²) in [6, 6.07) is 0. The van der Waals surface area contributed by atoms with Gasteiger partial charge in [-0.3, -0.25) is 10.1 Å². The van der Waals surface area contributed by atoms with E-state index in [2.05, 4.69) is 11.8 Å². The third kappa shape index (κ3) is 43.5. The molecule has 10 heavy (non-hydrogen) atoms. The quantitative estimate of drug-likeness (QED) is 0.312. The topological polar surface area (TPSA) is 80.7 Å². The Morgan fingerprint density at radius 1 is 1.40 bits per heavy atom. The van der Waals surface area contributed by atoms with Crippen LogP contribution in [0.4, 0.5) is 0 Å². The molecule has 5 nitrogen and oxygen atoms in total. The van der Waals surface area contributed by atoms with Crippen molar-refractivity contribution in [1.29, 1.82) is 0 Å². The van der Waals surface area contributed by atoms with E-state index in [1.54, 1.807) is 13.8 Å². The van der Waals surface area contributed by atoms with E-state index < -0.39 is 22.8 Å². The maximum absolute atomic E-state index is 8.59. The van der Waals surface area contributed by atoms with Gasteiger partial charge in [0.2, 0.25) is 0 Å². The molecule has 0 aliphatic heterocycles. The van der Waals surface area contributed by atoms with Crippen molar-refractivity contribution >= 4 is 0 Å². The normalized spacial score (nSPS) is 9.60. The zero-order valence-corrected chi connectivity index (χ0v) is 7.70. The molecule has 0 rings (SSSR count). The van der Waals surface area contributed by atoms with Gasteiger partial charge in [0.1, 0.15) is 0 Å². The minimum atomic E-state index is -4.11. The van der Waals surface area contributed by atoms with E-state index >= 15 is 0 Å². The van der Waals surface area contributed by atoms with E-state index in [1.165, 1.54) is 0 Å². The van der Waals surface area contributed by atoms with Gasteiger partial charge in [-0.25, -0.2) is 0 Å². The van der Waals surface area contributed by atoms with Crippen LogP contribution in [0.1, 0.15) is 13.8 Å². The van der Waals surface area contributed by atoms with Crippen molar-refractivity contribution in [3.05, 3.63) is 6.92 Å². The molecule has 0 radical (unpaired) electrons. The fourth-order valence-corrected chi connectivity index (χ4v) is 0. The summed E-state index contributed by atoms with van der Waals surface area (Å²) in [5, 5.41) is 7.84. The second-order valence-electron chi connectivity index (χ2n) is 2.06. The summed E-state index contributed by atoms with van der Waals surface area (Å²) < 4.78 is 25.8. The summed E-state index contributed by atoms with van der Waals surface area (Å²) in [4.78, 5) is 3.83. The van der Waals surface area contributed by atoms with Crippen LogP contribution < -0.4 is 0 Å². The summed E-state index contributed by atoms with van der Waals surface area (Å²) in [7, 11) is 0. The first-order valence-electron chi connectivity index (χ1n) is 2.24. The molecule has 0 saturated carbocycles. The third-order valence-electron chi connectivity index (χ3n) is 0.247. The fraction of sp³-hybridized carbons (Fsp3) is 0.750. The van der Waals surface area contributed by atoms with Crippen molar-refractivity contribution < 1.29 is 37.5 Å². The Hall–Kier alpha value is 0.00831. The van der Waals surface area contributed by atoms with E-state index in [4.69, 9.17) is 15.4 Å². The molecule has 0 aromatic carbocycles. The molecule has 6 heteroatoms. The summed E-state index contributed by atoms with van der Waals surface area (Å²) >= 11 is -4.11. The Balaban J connectivity index is 0. The Bertz CT molecular complexity index is 153. The van der Waals surface area contributed by atoms with Gasteiger partial charge < -0.3 is 6.92 Å². The monoisotopic (exact) mass is 235 g/mol. The zero-order chi connectivity index (χ0) is 8.78. The van der Waals surface area contributed by atoms with Gasteiger partial charge in [0.25, 0.3) is 0 Å². The molecular formula is C4H9MoO5-. The number of hydrogen-bond donors (Lipinski definition) is 1. The molecule has 0 saturated heterocycles. The Labute approximate surface area is 64.4 Å².